The van der Waals surface area contributed by atoms with Gasteiger partial charge in [-0.05, 0) is 37.6 Å². The summed E-state index contributed by atoms with van der Waals surface area (Å²) in [5.74, 6) is 0.879. The first-order valence-corrected chi connectivity index (χ1v) is 6.19. The van der Waals surface area contributed by atoms with Crippen molar-refractivity contribution < 1.29 is 9.84 Å². The Hall–Kier alpha value is -1.39. The molecule has 1 aromatic carbocycles. The molecule has 0 saturated carbocycles. The van der Waals surface area contributed by atoms with Crippen LogP contribution >= 0.6 is 11.3 Å². The van der Waals surface area contributed by atoms with Crippen molar-refractivity contribution in [1.82, 2.24) is 4.98 Å². The molecule has 0 unspecified atom stereocenters. The predicted molar refractivity (Wildman–Crippen MR) is 69.5 cm³/mol. The third-order valence-electron chi connectivity index (χ3n) is 2.64. The number of benzene rings is 1. The van der Waals surface area contributed by atoms with Crippen LogP contribution in [-0.2, 0) is 6.61 Å². The van der Waals surface area contributed by atoms with Gasteiger partial charge in [0.2, 0.25) is 0 Å². The average molecular weight is 249 g/mol. The molecule has 0 radical (unpaired) electrons. The summed E-state index contributed by atoms with van der Waals surface area (Å²) >= 11 is 1.53. The Balaban J connectivity index is 2.45. The second-order valence-corrected chi connectivity index (χ2v) is 5.14. The van der Waals surface area contributed by atoms with E-state index in [1.165, 1.54) is 11.3 Å². The number of aliphatic hydroxyl groups is 1. The third kappa shape index (κ3) is 2.33. The zero-order valence-electron chi connectivity index (χ0n) is 10.2. The first-order valence-electron chi connectivity index (χ1n) is 5.38. The zero-order valence-corrected chi connectivity index (χ0v) is 11.0. The Morgan fingerprint density at radius 1 is 1.35 bits per heavy atom. The van der Waals surface area contributed by atoms with Crippen LogP contribution in [0.4, 0.5) is 0 Å². The fourth-order valence-corrected chi connectivity index (χ4v) is 2.63. The van der Waals surface area contributed by atoms with Crippen LogP contribution in [0.15, 0.2) is 18.2 Å². The van der Waals surface area contributed by atoms with E-state index >= 15 is 0 Å². The molecular weight excluding hydrogens is 234 g/mol. The summed E-state index contributed by atoms with van der Waals surface area (Å²) in [5, 5.41) is 9.84. The van der Waals surface area contributed by atoms with E-state index in [1.807, 2.05) is 26.0 Å². The van der Waals surface area contributed by atoms with Crippen molar-refractivity contribution in [3.05, 3.63) is 33.6 Å². The fraction of sp³-hybridized carbons (Fsp3) is 0.308. The minimum atomic E-state index is 0.000638. The lowest BCUT2D eigenvalue weighted by molar-refractivity contribution is 0.281. The number of aryl methyl sites for hydroxylation is 2. The van der Waals surface area contributed by atoms with Crippen molar-refractivity contribution in [2.24, 2.45) is 0 Å². The summed E-state index contributed by atoms with van der Waals surface area (Å²) in [6, 6.07) is 6.00. The van der Waals surface area contributed by atoms with Gasteiger partial charge in [-0.15, -0.1) is 11.3 Å². The molecule has 0 aliphatic rings. The number of methoxy groups -OCH3 is 1. The normalized spacial score (nSPS) is 10.6. The predicted octanol–water partition coefficient (Wildman–Crippen LogP) is 2.93. The SMILES string of the molecule is COc1ccc(-c2nc(CO)sc2C)cc1C. The molecule has 0 aliphatic carbocycles. The number of nitrogens with zero attached hydrogens (tertiary/aromatic N) is 1. The Kier molecular flexibility index (Phi) is 3.45. The van der Waals surface area contributed by atoms with Crippen LogP contribution in [-0.4, -0.2) is 17.2 Å². The minimum absolute atomic E-state index is 0.000638. The summed E-state index contributed by atoms with van der Waals surface area (Å²) in [4.78, 5) is 5.55. The van der Waals surface area contributed by atoms with E-state index in [9.17, 15) is 0 Å². The van der Waals surface area contributed by atoms with Crippen LogP contribution in [0, 0.1) is 13.8 Å². The topological polar surface area (TPSA) is 42.4 Å². The van der Waals surface area contributed by atoms with Gasteiger partial charge in [-0.3, -0.25) is 0 Å². The summed E-state index contributed by atoms with van der Waals surface area (Å²) in [6.45, 7) is 4.03. The molecule has 0 amide bonds. The molecule has 1 N–H and O–H groups in total. The van der Waals surface area contributed by atoms with Gasteiger partial charge < -0.3 is 9.84 Å². The Morgan fingerprint density at radius 2 is 2.12 bits per heavy atom. The average Bonchev–Trinajstić information content (AvgIpc) is 2.70. The van der Waals surface area contributed by atoms with Gasteiger partial charge in [0.1, 0.15) is 10.8 Å². The van der Waals surface area contributed by atoms with Gasteiger partial charge in [0.15, 0.2) is 0 Å². The third-order valence-corrected chi connectivity index (χ3v) is 3.60. The molecule has 2 aromatic rings. The Morgan fingerprint density at radius 3 is 2.65 bits per heavy atom. The molecule has 90 valence electrons. The summed E-state index contributed by atoms with van der Waals surface area (Å²) in [6.07, 6.45) is 0. The minimum Gasteiger partial charge on any atom is -0.496 e. The van der Waals surface area contributed by atoms with Gasteiger partial charge in [0, 0.05) is 10.4 Å². The van der Waals surface area contributed by atoms with E-state index in [1.54, 1.807) is 7.11 Å². The molecule has 17 heavy (non-hydrogen) atoms. The standard InChI is InChI=1S/C13H15NO2S/c1-8-6-10(4-5-11(8)16-3)13-9(2)17-12(7-15)14-13/h4-6,15H,7H2,1-3H3. The number of hydrogen-bond donors (Lipinski definition) is 1. The van der Waals surface area contributed by atoms with Gasteiger partial charge in [0.05, 0.1) is 19.4 Å². The van der Waals surface area contributed by atoms with Gasteiger partial charge in [-0.25, -0.2) is 4.98 Å². The van der Waals surface area contributed by atoms with Crippen LogP contribution in [0.25, 0.3) is 11.3 Å². The fourth-order valence-electron chi connectivity index (χ4n) is 1.81. The number of ether oxygens (including phenoxy) is 1. The molecule has 3 nitrogen and oxygen atoms in total. The van der Waals surface area contributed by atoms with Crippen molar-refractivity contribution in [3.8, 4) is 17.0 Å². The van der Waals surface area contributed by atoms with Crippen molar-refractivity contribution in [1.29, 1.82) is 0 Å². The van der Waals surface area contributed by atoms with E-state index in [-0.39, 0.29) is 6.61 Å². The van der Waals surface area contributed by atoms with Gasteiger partial charge in [-0.1, -0.05) is 0 Å². The number of hydrogen-bond acceptors (Lipinski definition) is 4. The maximum atomic E-state index is 9.09. The van der Waals surface area contributed by atoms with E-state index in [0.717, 1.165) is 32.5 Å². The van der Waals surface area contributed by atoms with Crippen LogP contribution in [0.5, 0.6) is 5.75 Å². The van der Waals surface area contributed by atoms with Gasteiger partial charge in [-0.2, -0.15) is 0 Å². The molecule has 0 fully saturated rings. The Bertz CT molecular complexity index is 534. The van der Waals surface area contributed by atoms with Crippen LogP contribution in [0.1, 0.15) is 15.4 Å². The second-order valence-electron chi connectivity index (χ2n) is 3.85. The van der Waals surface area contributed by atoms with Crippen LogP contribution < -0.4 is 4.74 Å². The lowest BCUT2D eigenvalue weighted by Crippen LogP contribution is -1.89. The van der Waals surface area contributed by atoms with Crippen molar-refractivity contribution in [2.75, 3.05) is 7.11 Å². The van der Waals surface area contributed by atoms with E-state index < -0.39 is 0 Å². The lowest BCUT2D eigenvalue weighted by atomic mass is 10.1. The second kappa shape index (κ2) is 4.85. The summed E-state index contributed by atoms with van der Waals surface area (Å²) < 4.78 is 5.23. The highest BCUT2D eigenvalue weighted by atomic mass is 32.1. The molecule has 0 bridgehead atoms. The van der Waals surface area contributed by atoms with E-state index in [0.29, 0.717) is 0 Å². The van der Waals surface area contributed by atoms with Crippen LogP contribution in [0.3, 0.4) is 0 Å². The summed E-state index contributed by atoms with van der Waals surface area (Å²) in [7, 11) is 1.67. The molecule has 1 aromatic heterocycles. The Labute approximate surface area is 105 Å². The largest absolute Gasteiger partial charge is 0.496 e. The molecule has 0 aliphatic heterocycles. The monoisotopic (exact) mass is 249 g/mol. The van der Waals surface area contributed by atoms with E-state index in [2.05, 4.69) is 11.1 Å². The number of aromatic nitrogens is 1. The molecule has 2 rings (SSSR count). The first kappa shape index (κ1) is 12.1. The molecule has 4 heteroatoms. The highest BCUT2D eigenvalue weighted by Gasteiger charge is 2.10. The quantitative estimate of drug-likeness (QED) is 0.909. The molecule has 0 atom stereocenters. The number of thiazole rings is 1. The van der Waals surface area contributed by atoms with Crippen molar-refractivity contribution in [3.63, 3.8) is 0 Å². The maximum Gasteiger partial charge on any atom is 0.121 e. The molecular formula is C13H15NO2S. The van der Waals surface area contributed by atoms with Crippen molar-refractivity contribution in [2.45, 2.75) is 20.5 Å². The molecule has 0 spiro atoms. The lowest BCUT2D eigenvalue weighted by Gasteiger charge is -2.06. The smallest absolute Gasteiger partial charge is 0.121 e. The van der Waals surface area contributed by atoms with Gasteiger partial charge in [0.25, 0.3) is 0 Å². The molecule has 1 heterocycles. The van der Waals surface area contributed by atoms with E-state index in [4.69, 9.17) is 9.84 Å². The highest BCUT2D eigenvalue weighted by molar-refractivity contribution is 7.12. The van der Waals surface area contributed by atoms with Gasteiger partial charge >= 0.3 is 0 Å². The first-order chi connectivity index (χ1) is 8.15. The highest BCUT2D eigenvalue weighted by Crippen LogP contribution is 2.30. The van der Waals surface area contributed by atoms with Crippen molar-refractivity contribution >= 4 is 11.3 Å². The zero-order chi connectivity index (χ0) is 12.4. The maximum absolute atomic E-state index is 9.09. The number of rotatable bonds is 3. The molecule has 0 saturated heterocycles. The summed E-state index contributed by atoms with van der Waals surface area (Å²) in [5.41, 5.74) is 3.10. The number of aliphatic hydroxyl groups excluding tert-OH is 1. The van der Waals surface area contributed by atoms with Crippen LogP contribution in [0.2, 0.25) is 0 Å².